The van der Waals surface area contributed by atoms with Gasteiger partial charge < -0.3 is 18.6 Å². The molecule has 0 fully saturated rings. The first kappa shape index (κ1) is 23.3. The molecule has 0 heterocycles. The summed E-state index contributed by atoms with van der Waals surface area (Å²) in [6.45, 7) is 0.771. The van der Waals surface area contributed by atoms with Gasteiger partial charge in [0.15, 0.2) is 11.5 Å². The van der Waals surface area contributed by atoms with Gasteiger partial charge in [-0.15, -0.1) is 0 Å². The molecule has 0 aliphatic rings. The third-order valence-corrected chi connectivity index (χ3v) is 4.89. The zero-order valence-electron chi connectivity index (χ0n) is 16.1. The van der Waals surface area contributed by atoms with E-state index in [1.165, 1.54) is 31.3 Å². The number of methoxy groups -OCH3 is 2. The van der Waals surface area contributed by atoms with Gasteiger partial charge in [0, 0.05) is 25.2 Å². The maximum atomic E-state index is 13.0. The van der Waals surface area contributed by atoms with Crippen molar-refractivity contribution in [3.05, 3.63) is 57.6 Å². The normalized spacial score (nSPS) is 11.2. The van der Waals surface area contributed by atoms with Gasteiger partial charge in [-0.1, -0.05) is 29.3 Å². The van der Waals surface area contributed by atoms with Crippen molar-refractivity contribution >= 4 is 39.2 Å². The summed E-state index contributed by atoms with van der Waals surface area (Å²) >= 11 is 12.1. The number of halogens is 2. The number of nitrogens with zero attached hydrogens (tertiary/aromatic N) is 1. The predicted molar refractivity (Wildman–Crippen MR) is 112 cm³/mol. The summed E-state index contributed by atoms with van der Waals surface area (Å²) in [6.07, 6.45) is 0.941. The number of rotatable bonds is 9. The Labute approximate surface area is 180 Å². The van der Waals surface area contributed by atoms with Gasteiger partial charge in [-0.25, -0.2) is 0 Å². The second-order valence-corrected chi connectivity index (χ2v) is 8.53. The molecule has 0 spiro atoms. The Kier molecular flexibility index (Phi) is 8.15. The number of amides is 1. The topological polar surface area (TPSA) is 82.1 Å². The van der Waals surface area contributed by atoms with Crippen LogP contribution in [0.25, 0.3) is 0 Å². The van der Waals surface area contributed by atoms with Crippen LogP contribution >= 0.6 is 23.2 Å². The van der Waals surface area contributed by atoms with Crippen LogP contribution in [0.2, 0.25) is 10.0 Å². The lowest BCUT2D eigenvalue weighted by molar-refractivity contribution is 0.0680. The molecule has 1 amide bonds. The molecule has 158 valence electrons. The number of carbonyl (C=O) groups is 1. The Morgan fingerprint density at radius 3 is 2.38 bits per heavy atom. The van der Waals surface area contributed by atoms with Crippen LogP contribution < -0.4 is 8.92 Å². The van der Waals surface area contributed by atoms with Gasteiger partial charge in [-0.05, 0) is 35.9 Å². The summed E-state index contributed by atoms with van der Waals surface area (Å²) < 4.78 is 38.3. The highest BCUT2D eigenvalue weighted by molar-refractivity contribution is 7.86. The zero-order chi connectivity index (χ0) is 21.6. The highest BCUT2D eigenvalue weighted by Crippen LogP contribution is 2.30. The second-order valence-electron chi connectivity index (χ2n) is 6.12. The predicted octanol–water partition coefficient (Wildman–Crippen LogP) is 3.63. The van der Waals surface area contributed by atoms with E-state index in [4.69, 9.17) is 36.9 Å². The number of carbonyl (C=O) groups excluding carboxylic acids is 1. The van der Waals surface area contributed by atoms with Crippen molar-refractivity contribution in [1.82, 2.24) is 4.90 Å². The minimum Gasteiger partial charge on any atom is -0.493 e. The Morgan fingerprint density at radius 1 is 1.07 bits per heavy atom. The molecule has 2 aromatic rings. The van der Waals surface area contributed by atoms with Crippen LogP contribution in [0.1, 0.15) is 15.9 Å². The summed E-state index contributed by atoms with van der Waals surface area (Å²) in [5, 5.41) is 0.661. The van der Waals surface area contributed by atoms with Crippen LogP contribution in [0.4, 0.5) is 0 Å². The van der Waals surface area contributed by atoms with E-state index in [-0.39, 0.29) is 29.0 Å². The fourth-order valence-corrected chi connectivity index (χ4v) is 3.50. The van der Waals surface area contributed by atoms with E-state index in [0.717, 1.165) is 6.26 Å². The summed E-state index contributed by atoms with van der Waals surface area (Å²) in [5.41, 5.74) is 0.937. The largest absolute Gasteiger partial charge is 0.493 e. The standard InChI is InChI=1S/C19H21Cl2NO6S/c1-26-9-8-22(19(23)15-6-5-14(20)11-16(15)21)12-13-4-7-17(27-2)18(10-13)28-29(3,24)25/h4-7,10-11H,8-9,12H2,1-3H3. The lowest BCUT2D eigenvalue weighted by Gasteiger charge is -2.23. The van der Waals surface area contributed by atoms with Gasteiger partial charge in [0.25, 0.3) is 5.91 Å². The number of hydrogen-bond donors (Lipinski definition) is 0. The first-order chi connectivity index (χ1) is 13.6. The van der Waals surface area contributed by atoms with Gasteiger partial charge in [-0.3, -0.25) is 4.79 Å². The van der Waals surface area contributed by atoms with Gasteiger partial charge in [-0.2, -0.15) is 8.42 Å². The summed E-state index contributed by atoms with van der Waals surface area (Å²) in [4.78, 5) is 14.5. The lowest BCUT2D eigenvalue weighted by Crippen LogP contribution is -2.33. The molecule has 0 N–H and O–H groups in total. The van der Waals surface area contributed by atoms with Crippen LogP contribution in [0, 0.1) is 0 Å². The van der Waals surface area contributed by atoms with E-state index in [1.54, 1.807) is 24.3 Å². The quantitative estimate of drug-likeness (QED) is 0.530. The molecule has 0 aromatic heterocycles. The maximum Gasteiger partial charge on any atom is 0.306 e. The molecule has 10 heteroatoms. The number of benzene rings is 2. The summed E-state index contributed by atoms with van der Waals surface area (Å²) in [7, 11) is -0.814. The molecule has 0 aliphatic carbocycles. The van der Waals surface area contributed by atoms with Gasteiger partial charge >= 0.3 is 10.1 Å². The van der Waals surface area contributed by atoms with Crippen LogP contribution in [0.5, 0.6) is 11.5 Å². The third kappa shape index (κ3) is 6.78. The van der Waals surface area contributed by atoms with E-state index in [9.17, 15) is 13.2 Å². The molecule has 0 atom stereocenters. The molecule has 0 aliphatic heterocycles. The molecule has 0 unspecified atom stereocenters. The van der Waals surface area contributed by atoms with Crippen molar-refractivity contribution in [2.24, 2.45) is 0 Å². The zero-order valence-corrected chi connectivity index (χ0v) is 18.5. The van der Waals surface area contributed by atoms with Gasteiger partial charge in [0.05, 0.1) is 30.6 Å². The number of hydrogen-bond acceptors (Lipinski definition) is 6. The van der Waals surface area contributed by atoms with Crippen molar-refractivity contribution in [2.75, 3.05) is 33.6 Å². The van der Waals surface area contributed by atoms with Crippen LogP contribution in [-0.4, -0.2) is 52.9 Å². The number of ether oxygens (including phenoxy) is 2. The van der Waals surface area contributed by atoms with Crippen LogP contribution in [-0.2, 0) is 21.4 Å². The first-order valence-corrected chi connectivity index (χ1v) is 11.0. The van der Waals surface area contributed by atoms with Crippen molar-refractivity contribution in [3.8, 4) is 11.5 Å². The average molecular weight is 462 g/mol. The maximum absolute atomic E-state index is 13.0. The Hall–Kier alpha value is -2.00. The minimum atomic E-state index is -3.75. The fraction of sp³-hybridized carbons (Fsp3) is 0.316. The van der Waals surface area contributed by atoms with Crippen molar-refractivity contribution in [1.29, 1.82) is 0 Å². The van der Waals surface area contributed by atoms with Crippen molar-refractivity contribution in [3.63, 3.8) is 0 Å². The highest BCUT2D eigenvalue weighted by Gasteiger charge is 2.20. The molecular weight excluding hydrogens is 441 g/mol. The summed E-state index contributed by atoms with van der Waals surface area (Å²) in [6, 6.07) is 9.43. The molecule has 0 saturated heterocycles. The monoisotopic (exact) mass is 461 g/mol. The molecule has 29 heavy (non-hydrogen) atoms. The van der Waals surface area contributed by atoms with Crippen LogP contribution in [0.3, 0.4) is 0 Å². The fourth-order valence-electron chi connectivity index (χ4n) is 2.56. The highest BCUT2D eigenvalue weighted by atomic mass is 35.5. The molecular formula is C19H21Cl2NO6S. The smallest absolute Gasteiger partial charge is 0.306 e. The van der Waals surface area contributed by atoms with E-state index in [1.807, 2.05) is 0 Å². The third-order valence-electron chi connectivity index (χ3n) is 3.86. The molecule has 0 saturated carbocycles. The molecule has 7 nitrogen and oxygen atoms in total. The molecule has 2 aromatic carbocycles. The van der Waals surface area contributed by atoms with Gasteiger partial charge in [0.2, 0.25) is 0 Å². The minimum absolute atomic E-state index is 0.0381. The molecule has 0 radical (unpaired) electrons. The Bertz CT molecular complexity index is 981. The summed E-state index contributed by atoms with van der Waals surface area (Å²) in [5.74, 6) is -0.0176. The van der Waals surface area contributed by atoms with E-state index < -0.39 is 10.1 Å². The SMILES string of the molecule is COCCN(Cc1ccc(OC)c(OS(C)(=O)=O)c1)C(=O)c1ccc(Cl)cc1Cl. The van der Waals surface area contributed by atoms with Crippen molar-refractivity contribution in [2.45, 2.75) is 6.54 Å². The molecule has 2 rings (SSSR count). The van der Waals surface area contributed by atoms with E-state index >= 15 is 0 Å². The first-order valence-electron chi connectivity index (χ1n) is 8.44. The lowest BCUT2D eigenvalue weighted by atomic mass is 10.1. The van der Waals surface area contributed by atoms with Crippen molar-refractivity contribution < 1.29 is 26.9 Å². The average Bonchev–Trinajstić information content (AvgIpc) is 2.63. The van der Waals surface area contributed by atoms with Crippen LogP contribution in [0.15, 0.2) is 36.4 Å². The van der Waals surface area contributed by atoms with E-state index in [2.05, 4.69) is 0 Å². The molecule has 0 bridgehead atoms. The Morgan fingerprint density at radius 2 is 1.79 bits per heavy atom. The van der Waals surface area contributed by atoms with Gasteiger partial charge in [0.1, 0.15) is 0 Å². The van der Waals surface area contributed by atoms with E-state index in [0.29, 0.717) is 29.3 Å². The Balaban J connectivity index is 2.34. The second kappa shape index (κ2) is 10.2.